The maximum Gasteiger partial charge on any atom is 0.303 e. The van der Waals surface area contributed by atoms with Crippen LogP contribution in [0.4, 0.5) is 0 Å². The Balaban J connectivity index is 1.74. The van der Waals surface area contributed by atoms with E-state index in [9.17, 15) is 19.8 Å². The van der Waals surface area contributed by atoms with Gasteiger partial charge in [0.05, 0.1) is 22.8 Å². The number of carbonyl (C=O) groups is 2. The van der Waals surface area contributed by atoms with E-state index in [-0.39, 0.29) is 18.1 Å². The smallest absolute Gasteiger partial charge is 0.303 e. The van der Waals surface area contributed by atoms with Gasteiger partial charge in [-0.05, 0) is 116 Å². The van der Waals surface area contributed by atoms with E-state index in [1.807, 2.05) is 37.7 Å². The third-order valence-corrected chi connectivity index (χ3v) is 10.0. The average molecular weight is 629 g/mol. The minimum absolute atomic E-state index is 0.0113. The zero-order valence-corrected chi connectivity index (χ0v) is 27.2. The number of carboxylic acids is 2. The number of aliphatic carboxylic acids is 2. The number of nitrogens with zero attached hydrogens (tertiary/aromatic N) is 2. The predicted octanol–water partition coefficient (Wildman–Crippen LogP) is 7.78. The number of allylic oxidation sites excluding steroid dienone is 3. The number of fused-ring (bicyclic) bond motifs is 8. The second-order valence-electron chi connectivity index (χ2n) is 11.8. The van der Waals surface area contributed by atoms with E-state index in [1.165, 1.54) is 5.57 Å². The lowest BCUT2D eigenvalue weighted by atomic mass is 9.99. The lowest BCUT2D eigenvalue weighted by molar-refractivity contribution is -0.137. The lowest BCUT2D eigenvalue weighted by Gasteiger charge is -2.04. The molecule has 0 spiro atoms. The van der Waals surface area contributed by atoms with Gasteiger partial charge in [-0.25, -0.2) is 9.97 Å². The number of hydrogen-bond donors (Lipinski definition) is 5. The Morgan fingerprint density at radius 3 is 2.09 bits per heavy atom. The van der Waals surface area contributed by atoms with Crippen LogP contribution in [0.25, 0.3) is 44.4 Å². The molecule has 2 atom stereocenters. The Hall–Kier alpha value is -3.76. The van der Waals surface area contributed by atoms with E-state index in [1.54, 1.807) is 0 Å². The summed E-state index contributed by atoms with van der Waals surface area (Å²) < 4.78 is 0. The molecule has 0 unspecified atom stereocenters. The molecule has 1 saturated heterocycles. The average Bonchev–Trinajstić information content (AvgIpc) is 3.49. The summed E-state index contributed by atoms with van der Waals surface area (Å²) in [4.78, 5) is 40.5. The van der Waals surface area contributed by atoms with Gasteiger partial charge in [0, 0.05) is 51.2 Å². The monoisotopic (exact) mass is 628 g/mol. The Morgan fingerprint density at radius 1 is 0.841 bits per heavy atom. The molecule has 0 saturated carbocycles. The highest BCUT2D eigenvalue weighted by Crippen LogP contribution is 2.47. The van der Waals surface area contributed by atoms with Gasteiger partial charge in [0.2, 0.25) is 0 Å². The van der Waals surface area contributed by atoms with Crippen LogP contribution in [0.3, 0.4) is 0 Å². The third kappa shape index (κ3) is 5.61. The van der Waals surface area contributed by atoms with Crippen molar-refractivity contribution in [1.29, 1.82) is 0 Å². The molecule has 0 amide bonds. The van der Waals surface area contributed by atoms with Crippen molar-refractivity contribution in [2.24, 2.45) is 0 Å². The van der Waals surface area contributed by atoms with E-state index >= 15 is 0 Å². The number of aromatic amines is 2. The Morgan fingerprint density at radius 2 is 1.43 bits per heavy atom. The molecule has 0 aliphatic carbocycles. The molecule has 1 fully saturated rings. The van der Waals surface area contributed by atoms with Crippen LogP contribution in [0, 0.1) is 13.8 Å². The summed E-state index contributed by atoms with van der Waals surface area (Å²) in [7, 11) is 0. The summed E-state index contributed by atoms with van der Waals surface area (Å²) in [5.74, 6) is -0.669. The van der Waals surface area contributed by atoms with Crippen LogP contribution in [-0.4, -0.2) is 53.1 Å². The van der Waals surface area contributed by atoms with Gasteiger partial charge in [0.15, 0.2) is 0 Å². The molecule has 6 heterocycles. The molecule has 0 radical (unpaired) electrons. The van der Waals surface area contributed by atoms with Gasteiger partial charge in [-0.3, -0.25) is 9.59 Å². The second kappa shape index (κ2) is 11.6. The van der Waals surface area contributed by atoms with Crippen LogP contribution in [0.15, 0.2) is 24.3 Å². The molecule has 8 bridgehead atoms. The number of thioether (sulfide) groups is 1. The molecule has 3 aromatic rings. The summed E-state index contributed by atoms with van der Waals surface area (Å²) in [6.07, 6.45) is 0.653. The Kier molecular flexibility index (Phi) is 8.00. The van der Waals surface area contributed by atoms with Gasteiger partial charge in [0.1, 0.15) is 0 Å². The normalized spacial score (nSPS) is 16.9. The van der Waals surface area contributed by atoms with Crippen LogP contribution >= 0.6 is 24.4 Å². The van der Waals surface area contributed by atoms with E-state index < -0.39 is 11.9 Å². The van der Waals surface area contributed by atoms with Crippen molar-refractivity contribution >= 4 is 80.7 Å². The fraction of sp³-hybridized carbons (Fsp3) is 0.353. The van der Waals surface area contributed by atoms with Crippen molar-refractivity contribution < 1.29 is 19.8 Å². The molecule has 228 valence electrons. The Bertz CT molecular complexity index is 1960. The van der Waals surface area contributed by atoms with Crippen LogP contribution in [0.1, 0.15) is 90.3 Å². The zero-order valence-electron chi connectivity index (χ0n) is 25.5. The van der Waals surface area contributed by atoms with E-state index in [0.717, 1.165) is 83.9 Å². The maximum atomic E-state index is 11.6. The number of thiol groups is 1. The molecular formula is C34H36N4O4S2. The highest BCUT2D eigenvalue weighted by Gasteiger charge is 2.33. The molecule has 3 aliphatic rings. The number of hydrogen-bond acceptors (Lipinski definition) is 6. The number of rotatable bonds is 8. The fourth-order valence-corrected chi connectivity index (χ4v) is 7.47. The van der Waals surface area contributed by atoms with Crippen LogP contribution in [-0.2, 0) is 16.0 Å². The van der Waals surface area contributed by atoms with Gasteiger partial charge in [-0.2, -0.15) is 24.4 Å². The predicted molar refractivity (Wildman–Crippen MR) is 182 cm³/mol. The highest BCUT2D eigenvalue weighted by atomic mass is 32.2. The minimum atomic E-state index is -0.870. The first-order valence-electron chi connectivity index (χ1n) is 14.8. The van der Waals surface area contributed by atoms with Crippen molar-refractivity contribution in [2.45, 2.75) is 70.8 Å². The minimum Gasteiger partial charge on any atom is -0.481 e. The molecule has 44 heavy (non-hydrogen) atoms. The summed E-state index contributed by atoms with van der Waals surface area (Å²) >= 11 is 6.75. The lowest BCUT2D eigenvalue weighted by Crippen LogP contribution is -1.98. The van der Waals surface area contributed by atoms with Crippen molar-refractivity contribution in [2.75, 3.05) is 5.75 Å². The standard InChI is InChI=1S/C34H36N4O4S2/c1-15-20(6-8-31(39)40)26-13-27-21(7-9-32(41)42)16(2)23(36-27)11-28-33(19(5)43)17(3)25(37-28)12-29-34(30-14-44-30)18(4)24(38-29)10-22(15)35-26/h10-13,19,30,36-37,43H,6-9,14H2,1-5H3,(H,39,40)(H,41,42)/t19-,30+/m1/s1. The summed E-state index contributed by atoms with van der Waals surface area (Å²) in [6, 6.07) is 8.19. The topological polar surface area (TPSA) is 132 Å². The molecule has 6 rings (SSSR count). The van der Waals surface area contributed by atoms with Crippen LogP contribution in [0.2, 0.25) is 0 Å². The molecule has 3 aliphatic heterocycles. The molecule has 3 aromatic heterocycles. The largest absolute Gasteiger partial charge is 0.481 e. The van der Waals surface area contributed by atoms with E-state index in [2.05, 4.69) is 42.9 Å². The van der Waals surface area contributed by atoms with Gasteiger partial charge in [0.25, 0.3) is 0 Å². The Labute approximate surface area is 265 Å². The van der Waals surface area contributed by atoms with Crippen molar-refractivity contribution in [3.8, 4) is 0 Å². The molecule has 4 N–H and O–H groups in total. The number of aryl methyl sites for hydroxylation is 3. The third-order valence-electron chi connectivity index (χ3n) is 8.89. The summed E-state index contributed by atoms with van der Waals surface area (Å²) in [5, 5.41) is 19.4. The van der Waals surface area contributed by atoms with Crippen LogP contribution in [0.5, 0.6) is 0 Å². The summed E-state index contributed by atoms with van der Waals surface area (Å²) in [6.45, 7) is 10.3. The second-order valence-corrected chi connectivity index (χ2v) is 13.8. The maximum absolute atomic E-state index is 11.6. The fourth-order valence-electron chi connectivity index (χ4n) is 6.41. The first-order valence-corrected chi connectivity index (χ1v) is 16.4. The van der Waals surface area contributed by atoms with Gasteiger partial charge >= 0.3 is 11.9 Å². The quantitative estimate of drug-likeness (QED) is 0.127. The number of aromatic nitrogens is 4. The summed E-state index contributed by atoms with van der Waals surface area (Å²) in [5.41, 5.74) is 15.1. The number of nitrogens with one attached hydrogen (secondary N) is 2. The van der Waals surface area contributed by atoms with Crippen LogP contribution < -0.4 is 0 Å². The van der Waals surface area contributed by atoms with E-state index in [0.29, 0.717) is 23.8 Å². The van der Waals surface area contributed by atoms with Crippen molar-refractivity contribution in [1.82, 2.24) is 19.9 Å². The number of carboxylic acid groups (broad SMARTS) is 2. The molecule has 8 nitrogen and oxygen atoms in total. The van der Waals surface area contributed by atoms with E-state index in [4.69, 9.17) is 22.6 Å². The van der Waals surface area contributed by atoms with Gasteiger partial charge < -0.3 is 20.2 Å². The van der Waals surface area contributed by atoms with Gasteiger partial charge in [-0.1, -0.05) is 0 Å². The van der Waals surface area contributed by atoms with Crippen molar-refractivity contribution in [3.05, 3.63) is 69.3 Å². The highest BCUT2D eigenvalue weighted by molar-refractivity contribution is 8.07. The first-order chi connectivity index (χ1) is 20.9. The first kappa shape index (κ1) is 30.3. The van der Waals surface area contributed by atoms with Gasteiger partial charge in [-0.15, -0.1) is 0 Å². The number of H-pyrrole nitrogens is 2. The molecule has 10 heteroatoms. The SMILES string of the molecule is CC1=C(CCC(=O)O)c2cc3[nH]c(cc4[nH]c(cc5nc(cc1n2)C(C)=C5[C@@H]1CS1)c(C)c4[C@@H](C)S)c(C)c3CCC(=O)O. The molecular weight excluding hydrogens is 593 g/mol. The van der Waals surface area contributed by atoms with Crippen molar-refractivity contribution in [3.63, 3.8) is 0 Å². The zero-order chi connectivity index (χ0) is 31.4. The molecule has 0 aromatic carbocycles.